The summed E-state index contributed by atoms with van der Waals surface area (Å²) in [5, 5.41) is 10.4. The molecule has 3 heteroatoms. The number of benzene rings is 1. The molecule has 1 aromatic carbocycles. The van der Waals surface area contributed by atoms with E-state index in [1.807, 2.05) is 0 Å². The van der Waals surface area contributed by atoms with Gasteiger partial charge in [-0.1, -0.05) is 30.4 Å². The fraction of sp³-hybridized carbons (Fsp3) is 0.286. The third kappa shape index (κ3) is 2.44. The lowest BCUT2D eigenvalue weighted by Crippen LogP contribution is -2.24. The van der Waals surface area contributed by atoms with Crippen LogP contribution in [0.25, 0.3) is 0 Å². The van der Waals surface area contributed by atoms with Crippen molar-refractivity contribution in [3.8, 4) is 0 Å². The van der Waals surface area contributed by atoms with Crippen LogP contribution in [0.1, 0.15) is 18.9 Å². The summed E-state index contributed by atoms with van der Waals surface area (Å²) in [5.74, 6) is -0.346. The van der Waals surface area contributed by atoms with Gasteiger partial charge in [0, 0.05) is 6.42 Å². The molecule has 1 aliphatic rings. The number of hydrogen-bond donors (Lipinski definition) is 1. The van der Waals surface area contributed by atoms with Gasteiger partial charge in [-0.25, -0.2) is 8.78 Å². The minimum Gasteiger partial charge on any atom is -0.381 e. The van der Waals surface area contributed by atoms with Gasteiger partial charge in [0.2, 0.25) is 0 Å². The normalized spacial score (nSPS) is 23.1. The lowest BCUT2D eigenvalue weighted by Gasteiger charge is -2.27. The molecule has 90 valence electrons. The first-order chi connectivity index (χ1) is 8.00. The van der Waals surface area contributed by atoms with Crippen molar-refractivity contribution in [3.05, 3.63) is 59.4 Å². The zero-order valence-electron chi connectivity index (χ0n) is 9.53. The first kappa shape index (κ1) is 12.0. The minimum absolute atomic E-state index is 0.267. The van der Waals surface area contributed by atoms with Gasteiger partial charge in [0.15, 0.2) is 0 Å². The van der Waals surface area contributed by atoms with E-state index in [1.54, 1.807) is 19.1 Å². The van der Waals surface area contributed by atoms with Gasteiger partial charge in [0.05, 0.1) is 0 Å². The van der Waals surface area contributed by atoms with E-state index in [-0.39, 0.29) is 12.2 Å². The molecule has 0 saturated carbocycles. The molecular formula is C14H14F2O. The highest BCUT2D eigenvalue weighted by molar-refractivity contribution is 5.39. The molecule has 1 aliphatic carbocycles. The molecule has 1 nitrogen and oxygen atoms in total. The van der Waals surface area contributed by atoms with Gasteiger partial charge in [-0.3, -0.25) is 0 Å². The Hall–Kier alpha value is -1.48. The summed E-state index contributed by atoms with van der Waals surface area (Å²) in [6.45, 7) is 1.62. The van der Waals surface area contributed by atoms with Gasteiger partial charge >= 0.3 is 0 Å². The molecular weight excluding hydrogens is 222 g/mol. The Morgan fingerprint density at radius 1 is 1.29 bits per heavy atom. The Morgan fingerprint density at radius 3 is 2.47 bits per heavy atom. The van der Waals surface area contributed by atoms with Crippen LogP contribution in [-0.2, 0) is 5.60 Å². The minimum atomic E-state index is -1.22. The second-order valence-corrected chi connectivity index (χ2v) is 4.35. The topological polar surface area (TPSA) is 20.2 Å². The molecule has 2 atom stereocenters. The molecule has 0 heterocycles. The van der Waals surface area contributed by atoms with E-state index >= 15 is 0 Å². The van der Waals surface area contributed by atoms with Crippen LogP contribution in [0.3, 0.4) is 0 Å². The van der Waals surface area contributed by atoms with E-state index in [0.717, 1.165) is 0 Å². The second kappa shape index (κ2) is 4.41. The SMILES string of the molecule is CC(O)(C1=CCC(F)C=C1)c1ccc(F)cc1. The summed E-state index contributed by atoms with van der Waals surface area (Å²) in [5.41, 5.74) is 0.00904. The highest BCUT2D eigenvalue weighted by Gasteiger charge is 2.28. The zero-order valence-corrected chi connectivity index (χ0v) is 9.53. The highest BCUT2D eigenvalue weighted by Crippen LogP contribution is 2.32. The number of hydrogen-bond acceptors (Lipinski definition) is 1. The summed E-state index contributed by atoms with van der Waals surface area (Å²) in [4.78, 5) is 0. The van der Waals surface area contributed by atoms with Gasteiger partial charge in [0.1, 0.15) is 17.6 Å². The van der Waals surface area contributed by atoms with Crippen molar-refractivity contribution < 1.29 is 13.9 Å². The number of halogens is 2. The van der Waals surface area contributed by atoms with Crippen LogP contribution in [0.5, 0.6) is 0 Å². The lowest BCUT2D eigenvalue weighted by molar-refractivity contribution is 0.100. The summed E-state index contributed by atoms with van der Waals surface area (Å²) >= 11 is 0. The molecule has 2 unspecified atom stereocenters. The molecule has 0 bridgehead atoms. The Morgan fingerprint density at radius 2 is 1.94 bits per heavy atom. The molecule has 0 radical (unpaired) electrons. The van der Waals surface area contributed by atoms with Crippen LogP contribution in [0.2, 0.25) is 0 Å². The van der Waals surface area contributed by atoms with E-state index in [2.05, 4.69) is 0 Å². The molecule has 0 aliphatic heterocycles. The van der Waals surface area contributed by atoms with Crippen LogP contribution in [0.4, 0.5) is 8.78 Å². The van der Waals surface area contributed by atoms with Gasteiger partial charge in [-0.2, -0.15) is 0 Å². The van der Waals surface area contributed by atoms with E-state index in [4.69, 9.17) is 0 Å². The smallest absolute Gasteiger partial charge is 0.123 e. The first-order valence-corrected chi connectivity index (χ1v) is 5.51. The van der Waals surface area contributed by atoms with Gasteiger partial charge in [0.25, 0.3) is 0 Å². The molecule has 17 heavy (non-hydrogen) atoms. The third-order valence-electron chi connectivity index (χ3n) is 3.02. The van der Waals surface area contributed by atoms with Crippen LogP contribution >= 0.6 is 0 Å². The number of rotatable bonds is 2. The molecule has 0 spiro atoms. The molecule has 0 aromatic heterocycles. The zero-order chi connectivity index (χ0) is 12.5. The van der Waals surface area contributed by atoms with Crippen LogP contribution < -0.4 is 0 Å². The fourth-order valence-corrected chi connectivity index (χ4v) is 1.90. The maximum atomic E-state index is 12.9. The van der Waals surface area contributed by atoms with Crippen molar-refractivity contribution in [1.29, 1.82) is 0 Å². The molecule has 0 fully saturated rings. The van der Waals surface area contributed by atoms with Gasteiger partial charge in [-0.15, -0.1) is 0 Å². The molecule has 0 saturated heterocycles. The van der Waals surface area contributed by atoms with E-state index in [0.29, 0.717) is 11.1 Å². The van der Waals surface area contributed by atoms with E-state index in [9.17, 15) is 13.9 Å². The number of aliphatic hydroxyl groups is 1. The summed E-state index contributed by atoms with van der Waals surface area (Å²) in [6.07, 6.45) is 3.96. The van der Waals surface area contributed by atoms with Crippen molar-refractivity contribution in [2.75, 3.05) is 0 Å². The van der Waals surface area contributed by atoms with Crippen molar-refractivity contribution in [1.82, 2.24) is 0 Å². The molecule has 1 aromatic rings. The van der Waals surface area contributed by atoms with Gasteiger partial charge < -0.3 is 5.11 Å². The summed E-state index contributed by atoms with van der Waals surface area (Å²) < 4.78 is 25.7. The van der Waals surface area contributed by atoms with Crippen LogP contribution in [0.15, 0.2) is 48.1 Å². The Bertz CT molecular complexity index is 458. The maximum Gasteiger partial charge on any atom is 0.123 e. The van der Waals surface area contributed by atoms with Crippen LogP contribution in [0, 0.1) is 5.82 Å². The van der Waals surface area contributed by atoms with E-state index in [1.165, 1.54) is 30.3 Å². The quantitative estimate of drug-likeness (QED) is 0.835. The fourth-order valence-electron chi connectivity index (χ4n) is 1.90. The van der Waals surface area contributed by atoms with Crippen molar-refractivity contribution in [2.24, 2.45) is 0 Å². The predicted octanol–water partition coefficient (Wildman–Crippen LogP) is 3.26. The number of allylic oxidation sites excluding steroid dienone is 2. The van der Waals surface area contributed by atoms with Crippen molar-refractivity contribution >= 4 is 0 Å². The standard InChI is InChI=1S/C14H14F2O/c1-14(17,10-2-6-12(15)7-3-10)11-4-8-13(16)9-5-11/h2-8,13,17H,9H2,1H3. The lowest BCUT2D eigenvalue weighted by atomic mass is 9.85. The average molecular weight is 236 g/mol. The molecule has 1 N–H and O–H groups in total. The highest BCUT2D eigenvalue weighted by atomic mass is 19.1. The largest absolute Gasteiger partial charge is 0.381 e. The molecule has 2 rings (SSSR count). The summed E-state index contributed by atoms with van der Waals surface area (Å²) in [6, 6.07) is 5.67. The average Bonchev–Trinajstić information content (AvgIpc) is 2.30. The second-order valence-electron chi connectivity index (χ2n) is 4.35. The third-order valence-corrected chi connectivity index (χ3v) is 3.02. The maximum absolute atomic E-state index is 12.9. The summed E-state index contributed by atoms with van der Waals surface area (Å²) in [7, 11) is 0. The monoisotopic (exact) mass is 236 g/mol. The Balaban J connectivity index is 2.30. The number of alkyl halides is 1. The van der Waals surface area contributed by atoms with Crippen molar-refractivity contribution in [3.63, 3.8) is 0 Å². The van der Waals surface area contributed by atoms with Crippen molar-refractivity contribution in [2.45, 2.75) is 25.1 Å². The van der Waals surface area contributed by atoms with E-state index < -0.39 is 11.8 Å². The first-order valence-electron chi connectivity index (χ1n) is 5.51. The predicted molar refractivity (Wildman–Crippen MR) is 62.7 cm³/mol. The Kier molecular flexibility index (Phi) is 3.11. The van der Waals surface area contributed by atoms with Gasteiger partial charge in [-0.05, 0) is 30.2 Å². The molecule has 0 amide bonds. The van der Waals surface area contributed by atoms with Crippen LogP contribution in [-0.4, -0.2) is 11.3 Å². The Labute approximate surface area is 99.1 Å².